The topological polar surface area (TPSA) is 85.6 Å². The van der Waals surface area contributed by atoms with Crippen LogP contribution in [-0.4, -0.2) is 30.6 Å². The average Bonchev–Trinajstić information content (AvgIpc) is 3.52. The molecule has 0 unspecified atom stereocenters. The Morgan fingerprint density at radius 3 is 2.66 bits per heavy atom. The first kappa shape index (κ1) is 23.2. The highest BCUT2D eigenvalue weighted by atomic mass is 35.5. The summed E-state index contributed by atoms with van der Waals surface area (Å²) < 4.78 is 1.96. The number of halogens is 1. The lowest BCUT2D eigenvalue weighted by Gasteiger charge is -2.10. The molecular weight excluding hydrogens is 500 g/mol. The van der Waals surface area contributed by atoms with E-state index in [0.717, 1.165) is 27.5 Å². The van der Waals surface area contributed by atoms with Crippen LogP contribution in [0.1, 0.15) is 21.1 Å². The minimum Gasteiger partial charge on any atom is -0.321 e. The van der Waals surface area contributed by atoms with Crippen LogP contribution in [0.4, 0.5) is 5.69 Å². The molecule has 0 aliphatic carbocycles. The molecule has 7 nitrogen and oxygen atoms in total. The number of thiazole rings is 1. The number of carbonyl (C=O) groups excluding carboxylic acids is 1. The number of hydrogen-bond donors (Lipinski definition) is 1. The lowest BCUT2D eigenvalue weighted by Crippen LogP contribution is -2.12. The van der Waals surface area contributed by atoms with Gasteiger partial charge in [-0.05, 0) is 49.4 Å². The number of anilines is 1. The molecule has 0 atom stereocenters. The van der Waals surface area contributed by atoms with Crippen molar-refractivity contribution in [3.8, 4) is 17.1 Å². The molecule has 0 fully saturated rings. The molecule has 0 spiro atoms. The molecule has 1 amide bonds. The number of nitrogens with one attached hydrogen (secondary N) is 1. The standard InChI is InChI=1S/C25H19ClN6OS2/c1-16-5-7-19(8-6-16)28-24(33)21-14-34-22(29-21)15-35-25-31-30-23(17-9-11-27-12-10-17)32(25)20-4-2-3-18(26)13-20/h2-14H,15H2,1H3,(H,28,33). The zero-order valence-electron chi connectivity index (χ0n) is 18.6. The fourth-order valence-corrected chi connectivity index (χ4v) is 5.27. The largest absolute Gasteiger partial charge is 0.321 e. The highest BCUT2D eigenvalue weighted by Crippen LogP contribution is 2.31. The second-order valence-electron chi connectivity index (χ2n) is 7.59. The molecule has 0 saturated heterocycles. The second-order valence-corrected chi connectivity index (χ2v) is 9.91. The van der Waals surface area contributed by atoms with Crippen LogP contribution >= 0.6 is 34.7 Å². The molecule has 5 rings (SSSR count). The van der Waals surface area contributed by atoms with E-state index in [0.29, 0.717) is 27.5 Å². The van der Waals surface area contributed by atoms with Gasteiger partial charge in [-0.25, -0.2) is 4.98 Å². The van der Waals surface area contributed by atoms with Gasteiger partial charge in [0.25, 0.3) is 5.91 Å². The van der Waals surface area contributed by atoms with Gasteiger partial charge in [-0.1, -0.05) is 47.1 Å². The minimum atomic E-state index is -0.233. The Bertz CT molecular complexity index is 1470. The van der Waals surface area contributed by atoms with Gasteiger partial charge in [0.1, 0.15) is 10.7 Å². The highest BCUT2D eigenvalue weighted by molar-refractivity contribution is 7.98. The van der Waals surface area contributed by atoms with E-state index in [2.05, 4.69) is 25.5 Å². The molecule has 0 aliphatic rings. The number of aryl methyl sites for hydroxylation is 1. The van der Waals surface area contributed by atoms with E-state index >= 15 is 0 Å². The third-order valence-corrected chi connectivity index (χ3v) is 7.26. The van der Waals surface area contributed by atoms with Crippen molar-refractivity contribution in [1.82, 2.24) is 24.7 Å². The summed E-state index contributed by atoms with van der Waals surface area (Å²) in [6.45, 7) is 2.00. The quantitative estimate of drug-likeness (QED) is 0.255. The maximum Gasteiger partial charge on any atom is 0.275 e. The Kier molecular flexibility index (Phi) is 6.89. The van der Waals surface area contributed by atoms with E-state index < -0.39 is 0 Å². The zero-order chi connectivity index (χ0) is 24.2. The van der Waals surface area contributed by atoms with Crippen LogP contribution in [0.3, 0.4) is 0 Å². The summed E-state index contributed by atoms with van der Waals surface area (Å²) in [5.74, 6) is 0.996. The smallest absolute Gasteiger partial charge is 0.275 e. The molecular formula is C25H19ClN6OS2. The van der Waals surface area contributed by atoms with Crippen molar-refractivity contribution in [3.63, 3.8) is 0 Å². The SMILES string of the molecule is Cc1ccc(NC(=O)c2csc(CSc3nnc(-c4ccncc4)n3-c3cccc(Cl)c3)n2)cc1. The van der Waals surface area contributed by atoms with Crippen molar-refractivity contribution in [1.29, 1.82) is 0 Å². The van der Waals surface area contributed by atoms with E-state index in [1.807, 2.05) is 72.2 Å². The fraction of sp³-hybridized carbons (Fsp3) is 0.0800. The summed E-state index contributed by atoms with van der Waals surface area (Å²) in [7, 11) is 0. The zero-order valence-corrected chi connectivity index (χ0v) is 20.9. The number of pyridine rings is 1. The van der Waals surface area contributed by atoms with E-state index in [1.54, 1.807) is 17.8 Å². The van der Waals surface area contributed by atoms with Crippen molar-refractivity contribution in [2.75, 3.05) is 5.32 Å². The van der Waals surface area contributed by atoms with Crippen molar-refractivity contribution in [2.45, 2.75) is 17.8 Å². The van der Waals surface area contributed by atoms with Crippen LogP contribution in [0.15, 0.2) is 83.6 Å². The van der Waals surface area contributed by atoms with Crippen LogP contribution in [-0.2, 0) is 5.75 Å². The Morgan fingerprint density at radius 2 is 1.89 bits per heavy atom. The Balaban J connectivity index is 1.36. The van der Waals surface area contributed by atoms with Crippen LogP contribution < -0.4 is 5.32 Å². The first-order chi connectivity index (χ1) is 17.1. The summed E-state index contributed by atoms with van der Waals surface area (Å²) in [6, 6.07) is 19.0. The molecule has 1 N–H and O–H groups in total. The Hall–Kier alpha value is -3.53. The molecule has 0 saturated carbocycles. The number of nitrogens with zero attached hydrogens (tertiary/aromatic N) is 5. The summed E-state index contributed by atoms with van der Waals surface area (Å²) in [4.78, 5) is 21.2. The van der Waals surface area contributed by atoms with Gasteiger partial charge in [0.15, 0.2) is 11.0 Å². The lowest BCUT2D eigenvalue weighted by atomic mass is 10.2. The molecule has 3 aromatic heterocycles. The number of hydrogen-bond acceptors (Lipinski definition) is 7. The summed E-state index contributed by atoms with van der Waals surface area (Å²) in [5.41, 5.74) is 4.01. The maximum absolute atomic E-state index is 12.6. The third kappa shape index (κ3) is 5.43. The van der Waals surface area contributed by atoms with Gasteiger partial charge >= 0.3 is 0 Å². The van der Waals surface area contributed by atoms with E-state index in [-0.39, 0.29) is 5.91 Å². The van der Waals surface area contributed by atoms with Gasteiger partial charge in [-0.2, -0.15) is 0 Å². The summed E-state index contributed by atoms with van der Waals surface area (Å²) in [6.07, 6.45) is 3.44. The first-order valence-corrected chi connectivity index (χ1v) is 12.9. The van der Waals surface area contributed by atoms with Crippen LogP contribution in [0, 0.1) is 6.92 Å². The van der Waals surface area contributed by atoms with Crippen LogP contribution in [0.25, 0.3) is 17.1 Å². The predicted octanol–water partition coefficient (Wildman–Crippen LogP) is 6.29. The average molecular weight is 519 g/mol. The molecule has 35 heavy (non-hydrogen) atoms. The van der Waals surface area contributed by atoms with E-state index in [4.69, 9.17) is 11.6 Å². The van der Waals surface area contributed by atoms with Gasteiger partial charge in [0.2, 0.25) is 0 Å². The molecule has 5 aromatic rings. The molecule has 0 aliphatic heterocycles. The molecule has 10 heteroatoms. The van der Waals surface area contributed by atoms with Crippen LogP contribution in [0.5, 0.6) is 0 Å². The Morgan fingerprint density at radius 1 is 1.09 bits per heavy atom. The van der Waals surface area contributed by atoms with Crippen LogP contribution in [0.2, 0.25) is 5.02 Å². The van der Waals surface area contributed by atoms with Crippen molar-refractivity contribution in [2.24, 2.45) is 0 Å². The van der Waals surface area contributed by atoms with Gasteiger partial charge in [-0.3, -0.25) is 14.3 Å². The van der Waals surface area contributed by atoms with Crippen molar-refractivity contribution >= 4 is 46.3 Å². The van der Waals surface area contributed by atoms with Gasteiger partial charge < -0.3 is 5.32 Å². The normalized spacial score (nSPS) is 10.9. The fourth-order valence-electron chi connectivity index (χ4n) is 3.34. The molecule has 0 bridgehead atoms. The number of aromatic nitrogens is 5. The minimum absolute atomic E-state index is 0.233. The van der Waals surface area contributed by atoms with E-state index in [9.17, 15) is 4.79 Å². The lowest BCUT2D eigenvalue weighted by molar-refractivity contribution is 0.102. The first-order valence-electron chi connectivity index (χ1n) is 10.6. The molecule has 3 heterocycles. The predicted molar refractivity (Wildman–Crippen MR) is 140 cm³/mol. The highest BCUT2D eigenvalue weighted by Gasteiger charge is 2.18. The second kappa shape index (κ2) is 10.4. The number of amides is 1. The van der Waals surface area contributed by atoms with E-state index in [1.165, 1.54) is 23.1 Å². The number of benzene rings is 2. The monoisotopic (exact) mass is 518 g/mol. The van der Waals surface area contributed by atoms with Gasteiger partial charge in [0.05, 0.1) is 11.4 Å². The summed E-state index contributed by atoms with van der Waals surface area (Å²) in [5, 5.41) is 15.6. The van der Waals surface area contributed by atoms with Gasteiger partial charge in [-0.15, -0.1) is 21.5 Å². The number of thioether (sulfide) groups is 1. The van der Waals surface area contributed by atoms with Crippen molar-refractivity contribution in [3.05, 3.63) is 99.7 Å². The Labute approximate surface area is 215 Å². The molecule has 174 valence electrons. The van der Waals surface area contributed by atoms with Gasteiger partial charge in [0, 0.05) is 34.0 Å². The number of carbonyl (C=O) groups is 1. The third-order valence-electron chi connectivity index (χ3n) is 5.06. The van der Waals surface area contributed by atoms with Crippen molar-refractivity contribution < 1.29 is 4.79 Å². The molecule has 0 radical (unpaired) electrons. The maximum atomic E-state index is 12.6. The summed E-state index contributed by atoms with van der Waals surface area (Å²) >= 11 is 9.20. The molecule has 2 aromatic carbocycles. The number of rotatable bonds is 7.